The number of hydrogen-bond acceptors (Lipinski definition) is 2. The summed E-state index contributed by atoms with van der Waals surface area (Å²) in [4.78, 5) is 11.6. The molecule has 0 aromatic heterocycles. The van der Waals surface area contributed by atoms with Crippen molar-refractivity contribution in [2.75, 3.05) is 6.61 Å². The first-order chi connectivity index (χ1) is 5.35. The molecule has 0 aromatic carbocycles. The van der Waals surface area contributed by atoms with Crippen molar-refractivity contribution < 1.29 is 9.53 Å². The number of carbonyl (C=O) groups is 1. The van der Waals surface area contributed by atoms with Gasteiger partial charge in [-0.15, -0.1) is 0 Å². The maximum Gasteiger partial charge on any atom is 0.168 e. The number of Topliss-reactive ketones (excluding diaryl/α,β-unsaturated/α-hetero) is 1. The first-order valence-corrected chi connectivity index (χ1v) is 4.51. The molecule has 1 unspecified atom stereocenters. The highest BCUT2D eigenvalue weighted by Crippen LogP contribution is 2.54. The van der Waals surface area contributed by atoms with Crippen molar-refractivity contribution in [1.29, 1.82) is 0 Å². The van der Waals surface area contributed by atoms with E-state index in [2.05, 4.69) is 13.8 Å². The minimum atomic E-state index is -0.215. The van der Waals surface area contributed by atoms with E-state index in [0.717, 1.165) is 0 Å². The van der Waals surface area contributed by atoms with E-state index >= 15 is 0 Å². The Bertz CT molecular complexity index is 204. The first-order valence-electron chi connectivity index (χ1n) is 4.51. The molecule has 0 radical (unpaired) electrons. The van der Waals surface area contributed by atoms with Crippen LogP contribution in [0.15, 0.2) is 0 Å². The molecule has 0 aliphatic heterocycles. The van der Waals surface area contributed by atoms with E-state index in [9.17, 15) is 4.79 Å². The lowest BCUT2D eigenvalue weighted by Crippen LogP contribution is -2.65. The predicted octanol–water partition coefficient (Wildman–Crippen LogP) is 2.03. The summed E-state index contributed by atoms with van der Waals surface area (Å²) in [7, 11) is 0. The van der Waals surface area contributed by atoms with Gasteiger partial charge in [-0.2, -0.15) is 0 Å². The lowest BCUT2D eigenvalue weighted by Gasteiger charge is -2.55. The van der Waals surface area contributed by atoms with Gasteiger partial charge in [-0.1, -0.05) is 27.7 Å². The van der Waals surface area contributed by atoms with Crippen LogP contribution < -0.4 is 0 Å². The summed E-state index contributed by atoms with van der Waals surface area (Å²) >= 11 is 0. The zero-order valence-electron chi connectivity index (χ0n) is 8.60. The third-order valence-electron chi connectivity index (χ3n) is 3.45. The highest BCUT2D eigenvalue weighted by molar-refractivity contribution is 5.96. The van der Waals surface area contributed by atoms with Gasteiger partial charge in [0.1, 0.15) is 6.10 Å². The van der Waals surface area contributed by atoms with Gasteiger partial charge in [-0.05, 0) is 6.92 Å². The van der Waals surface area contributed by atoms with Crippen LogP contribution in [0.4, 0.5) is 0 Å². The molecule has 0 N–H and O–H groups in total. The number of ether oxygens (including phenoxy) is 1. The number of hydrogen-bond donors (Lipinski definition) is 0. The average Bonchev–Trinajstić information content (AvgIpc) is 1.98. The topological polar surface area (TPSA) is 26.3 Å². The monoisotopic (exact) mass is 170 g/mol. The van der Waals surface area contributed by atoms with Gasteiger partial charge in [0.25, 0.3) is 0 Å². The molecule has 1 atom stereocenters. The van der Waals surface area contributed by atoms with Crippen LogP contribution in [0.1, 0.15) is 34.6 Å². The fourth-order valence-corrected chi connectivity index (χ4v) is 1.67. The van der Waals surface area contributed by atoms with Crippen LogP contribution >= 0.6 is 0 Å². The smallest absolute Gasteiger partial charge is 0.168 e. The molecule has 1 rings (SSSR count). The van der Waals surface area contributed by atoms with Crippen LogP contribution in [-0.2, 0) is 9.53 Å². The highest BCUT2D eigenvalue weighted by Gasteiger charge is 2.62. The Morgan fingerprint density at radius 2 is 1.83 bits per heavy atom. The van der Waals surface area contributed by atoms with Crippen molar-refractivity contribution >= 4 is 5.78 Å². The minimum Gasteiger partial charge on any atom is -0.370 e. The molecule has 1 aliphatic rings. The summed E-state index contributed by atoms with van der Waals surface area (Å²) in [6.45, 7) is 10.7. The predicted molar refractivity (Wildman–Crippen MR) is 48.0 cm³/mol. The molecule has 1 saturated carbocycles. The lowest BCUT2D eigenvalue weighted by molar-refractivity contribution is -0.190. The van der Waals surface area contributed by atoms with Crippen LogP contribution in [0, 0.1) is 10.8 Å². The molecule has 0 bridgehead atoms. The van der Waals surface area contributed by atoms with Gasteiger partial charge in [-0.3, -0.25) is 4.79 Å². The van der Waals surface area contributed by atoms with E-state index in [1.54, 1.807) is 0 Å². The van der Waals surface area contributed by atoms with Gasteiger partial charge in [0.2, 0.25) is 0 Å². The Hall–Kier alpha value is -0.370. The summed E-state index contributed by atoms with van der Waals surface area (Å²) < 4.78 is 5.39. The summed E-state index contributed by atoms with van der Waals surface area (Å²) in [6.07, 6.45) is -0.183. The second kappa shape index (κ2) is 2.56. The van der Waals surface area contributed by atoms with E-state index in [1.807, 2.05) is 20.8 Å². The number of rotatable bonds is 2. The summed E-state index contributed by atoms with van der Waals surface area (Å²) in [5.41, 5.74) is -0.229. The molecule has 0 heterocycles. The fraction of sp³-hybridized carbons (Fsp3) is 0.900. The van der Waals surface area contributed by atoms with E-state index in [0.29, 0.717) is 6.61 Å². The molecule has 0 saturated heterocycles. The SMILES string of the molecule is CCOC1C(=O)C(C)(C)C1(C)C. The number of ketones is 1. The highest BCUT2D eigenvalue weighted by atomic mass is 16.5. The Kier molecular flexibility index (Phi) is 2.07. The molecule has 0 aromatic rings. The van der Waals surface area contributed by atoms with Crippen molar-refractivity contribution in [2.24, 2.45) is 10.8 Å². The Balaban J connectivity index is 2.78. The van der Waals surface area contributed by atoms with Gasteiger partial charge in [0.05, 0.1) is 0 Å². The summed E-state index contributed by atoms with van der Waals surface area (Å²) in [6, 6.07) is 0. The third-order valence-corrected chi connectivity index (χ3v) is 3.45. The molecule has 2 nitrogen and oxygen atoms in total. The van der Waals surface area contributed by atoms with Crippen molar-refractivity contribution in [3.8, 4) is 0 Å². The number of carbonyl (C=O) groups excluding carboxylic acids is 1. The molecule has 70 valence electrons. The lowest BCUT2D eigenvalue weighted by atomic mass is 9.50. The molecular weight excluding hydrogens is 152 g/mol. The third kappa shape index (κ3) is 0.939. The molecule has 2 heteroatoms. The molecule has 0 spiro atoms. The van der Waals surface area contributed by atoms with Gasteiger partial charge in [0.15, 0.2) is 5.78 Å². The van der Waals surface area contributed by atoms with Crippen molar-refractivity contribution in [2.45, 2.75) is 40.7 Å². The fourth-order valence-electron chi connectivity index (χ4n) is 1.67. The summed E-state index contributed by atoms with van der Waals surface area (Å²) in [5, 5.41) is 0. The largest absolute Gasteiger partial charge is 0.370 e. The quantitative estimate of drug-likeness (QED) is 0.633. The van der Waals surface area contributed by atoms with Gasteiger partial charge < -0.3 is 4.74 Å². The molecular formula is C10H18O2. The minimum absolute atomic E-state index is 0.0138. The molecule has 12 heavy (non-hydrogen) atoms. The zero-order valence-corrected chi connectivity index (χ0v) is 8.60. The van der Waals surface area contributed by atoms with Crippen LogP contribution in [0.2, 0.25) is 0 Å². The van der Waals surface area contributed by atoms with E-state index in [4.69, 9.17) is 4.74 Å². The van der Waals surface area contributed by atoms with E-state index in [-0.39, 0.29) is 22.7 Å². The van der Waals surface area contributed by atoms with Gasteiger partial charge in [-0.25, -0.2) is 0 Å². The van der Waals surface area contributed by atoms with E-state index < -0.39 is 0 Å². The summed E-state index contributed by atoms with van der Waals surface area (Å²) in [5.74, 6) is 0.245. The molecule has 1 fully saturated rings. The standard InChI is InChI=1S/C10H18O2/c1-6-12-8-7(11)9(2,3)10(8,4)5/h8H,6H2,1-5H3. The zero-order chi connectivity index (χ0) is 9.57. The Labute approximate surface area is 74.3 Å². The average molecular weight is 170 g/mol. The second-order valence-electron chi connectivity index (χ2n) is 4.55. The Morgan fingerprint density at radius 3 is 2.17 bits per heavy atom. The van der Waals surface area contributed by atoms with Gasteiger partial charge >= 0.3 is 0 Å². The van der Waals surface area contributed by atoms with E-state index in [1.165, 1.54) is 0 Å². The van der Waals surface area contributed by atoms with Crippen LogP contribution in [0.3, 0.4) is 0 Å². The van der Waals surface area contributed by atoms with Crippen LogP contribution in [0.25, 0.3) is 0 Å². The molecule has 1 aliphatic carbocycles. The maximum atomic E-state index is 11.6. The first kappa shape index (κ1) is 9.72. The maximum absolute atomic E-state index is 11.6. The van der Waals surface area contributed by atoms with Gasteiger partial charge in [0, 0.05) is 17.4 Å². The Morgan fingerprint density at radius 1 is 1.33 bits per heavy atom. The van der Waals surface area contributed by atoms with Crippen molar-refractivity contribution in [3.63, 3.8) is 0 Å². The van der Waals surface area contributed by atoms with Crippen molar-refractivity contribution in [1.82, 2.24) is 0 Å². The normalized spacial score (nSPS) is 31.4. The van der Waals surface area contributed by atoms with Crippen LogP contribution in [0.5, 0.6) is 0 Å². The van der Waals surface area contributed by atoms with Crippen LogP contribution in [-0.4, -0.2) is 18.5 Å². The second-order valence-corrected chi connectivity index (χ2v) is 4.55. The van der Waals surface area contributed by atoms with Crippen molar-refractivity contribution in [3.05, 3.63) is 0 Å². The molecule has 0 amide bonds.